The maximum absolute atomic E-state index is 13.7. The fourth-order valence-electron chi connectivity index (χ4n) is 1.99. The number of benzene rings is 1. The van der Waals surface area contributed by atoms with Gasteiger partial charge >= 0.3 is 6.18 Å². The predicted molar refractivity (Wildman–Crippen MR) is 58.6 cm³/mol. The molecule has 6 heteroatoms. The quantitative estimate of drug-likeness (QED) is 0.767. The molecule has 1 aromatic carbocycles. The van der Waals surface area contributed by atoms with Crippen LogP contribution in [0, 0.1) is 5.82 Å². The molecule has 1 fully saturated rings. The lowest BCUT2D eigenvalue weighted by atomic mass is 10.0. The lowest BCUT2D eigenvalue weighted by Crippen LogP contribution is -2.17. The van der Waals surface area contributed by atoms with Gasteiger partial charge in [-0.2, -0.15) is 13.2 Å². The highest BCUT2D eigenvalue weighted by Crippen LogP contribution is 2.35. The van der Waals surface area contributed by atoms with E-state index in [0.29, 0.717) is 6.42 Å². The molecule has 1 aliphatic rings. The molecule has 1 atom stereocenters. The van der Waals surface area contributed by atoms with E-state index in [1.807, 2.05) is 0 Å². The van der Waals surface area contributed by atoms with Crippen molar-refractivity contribution in [3.05, 3.63) is 35.1 Å². The van der Waals surface area contributed by atoms with Crippen molar-refractivity contribution in [1.82, 2.24) is 5.32 Å². The molecule has 0 aliphatic carbocycles. The normalized spacial score (nSPS) is 20.1. The second-order valence-electron chi connectivity index (χ2n) is 3.86. The summed E-state index contributed by atoms with van der Waals surface area (Å²) in [6.07, 6.45) is -3.09. The number of nitrogens with one attached hydrogen (secondary N) is 1. The van der Waals surface area contributed by atoms with Gasteiger partial charge in [0.25, 0.3) is 0 Å². The van der Waals surface area contributed by atoms with Gasteiger partial charge in [-0.15, -0.1) is 12.4 Å². The molecule has 2 rings (SSSR count). The summed E-state index contributed by atoms with van der Waals surface area (Å²) in [5, 5.41) is 2.99. The molecule has 0 bridgehead atoms. The second kappa shape index (κ2) is 5.23. The van der Waals surface area contributed by atoms with E-state index in [4.69, 9.17) is 0 Å². The zero-order valence-corrected chi connectivity index (χ0v) is 9.67. The van der Waals surface area contributed by atoms with Crippen LogP contribution in [0.4, 0.5) is 17.6 Å². The van der Waals surface area contributed by atoms with E-state index < -0.39 is 17.6 Å². The van der Waals surface area contributed by atoms with Crippen LogP contribution < -0.4 is 5.32 Å². The zero-order chi connectivity index (χ0) is 11.8. The van der Waals surface area contributed by atoms with Gasteiger partial charge in [-0.1, -0.05) is 12.1 Å². The summed E-state index contributed by atoms with van der Waals surface area (Å²) in [6.45, 7) is 0.723. The molecule has 1 saturated heterocycles. The molecule has 17 heavy (non-hydrogen) atoms. The van der Waals surface area contributed by atoms with Crippen LogP contribution in [0.15, 0.2) is 18.2 Å². The van der Waals surface area contributed by atoms with Crippen molar-refractivity contribution in [2.45, 2.75) is 25.1 Å². The molecule has 1 aromatic rings. The smallest absolute Gasteiger partial charge is 0.310 e. The molecule has 0 spiro atoms. The third kappa shape index (κ3) is 2.90. The summed E-state index contributed by atoms with van der Waals surface area (Å²) in [5.74, 6) is -1.14. The number of hydrogen-bond donors (Lipinski definition) is 1. The maximum atomic E-state index is 13.7. The Morgan fingerprint density at radius 3 is 2.47 bits per heavy atom. The first-order chi connectivity index (χ1) is 7.50. The molecule has 0 amide bonds. The van der Waals surface area contributed by atoms with Gasteiger partial charge in [0, 0.05) is 11.6 Å². The van der Waals surface area contributed by atoms with Gasteiger partial charge in [0.2, 0.25) is 0 Å². The molecular weight excluding hydrogens is 258 g/mol. The number of alkyl halides is 3. The monoisotopic (exact) mass is 269 g/mol. The van der Waals surface area contributed by atoms with E-state index in [1.165, 1.54) is 12.1 Å². The minimum Gasteiger partial charge on any atom is -0.310 e. The zero-order valence-electron chi connectivity index (χ0n) is 8.85. The van der Waals surface area contributed by atoms with E-state index >= 15 is 0 Å². The lowest BCUT2D eigenvalue weighted by molar-refractivity contribution is -0.140. The van der Waals surface area contributed by atoms with Crippen LogP contribution in [-0.4, -0.2) is 6.54 Å². The SMILES string of the molecule is Cl.Fc1c([C@@H]2CCCN2)cccc1C(F)(F)F. The summed E-state index contributed by atoms with van der Waals surface area (Å²) in [4.78, 5) is 0. The van der Waals surface area contributed by atoms with Crippen LogP contribution in [0.2, 0.25) is 0 Å². The molecule has 96 valence electrons. The van der Waals surface area contributed by atoms with Gasteiger partial charge < -0.3 is 5.32 Å². The van der Waals surface area contributed by atoms with Crippen LogP contribution in [0.3, 0.4) is 0 Å². The van der Waals surface area contributed by atoms with Crippen LogP contribution in [-0.2, 0) is 6.18 Å². The maximum Gasteiger partial charge on any atom is 0.419 e. The molecule has 0 unspecified atom stereocenters. The van der Waals surface area contributed by atoms with Crippen LogP contribution in [0.5, 0.6) is 0 Å². The standard InChI is InChI=1S/C11H11F4N.ClH/c12-10-7(9-5-2-6-16-9)3-1-4-8(10)11(13,14)15;/h1,3-4,9,16H,2,5-6H2;1H/t9-;/m0./s1. The molecule has 1 aliphatic heterocycles. The van der Waals surface area contributed by atoms with Gasteiger partial charge in [0.1, 0.15) is 5.82 Å². The molecule has 1 N–H and O–H groups in total. The molecule has 0 aromatic heterocycles. The molecule has 1 heterocycles. The summed E-state index contributed by atoms with van der Waals surface area (Å²) in [6, 6.07) is 3.14. The highest BCUT2D eigenvalue weighted by molar-refractivity contribution is 5.85. The van der Waals surface area contributed by atoms with Crippen molar-refractivity contribution in [2.75, 3.05) is 6.54 Å². The minimum absolute atomic E-state index is 0. The van der Waals surface area contributed by atoms with Crippen molar-refractivity contribution in [3.8, 4) is 0 Å². The second-order valence-corrected chi connectivity index (χ2v) is 3.86. The summed E-state index contributed by atoms with van der Waals surface area (Å²) >= 11 is 0. The van der Waals surface area contributed by atoms with Gasteiger partial charge in [0.05, 0.1) is 5.56 Å². The molecular formula is C11H12ClF4N. The first kappa shape index (κ1) is 14.3. The van der Waals surface area contributed by atoms with Crippen LogP contribution in [0.25, 0.3) is 0 Å². The number of hydrogen-bond acceptors (Lipinski definition) is 1. The fraction of sp³-hybridized carbons (Fsp3) is 0.455. The van der Waals surface area contributed by atoms with Crippen LogP contribution in [0.1, 0.15) is 30.0 Å². The highest BCUT2D eigenvalue weighted by Gasteiger charge is 2.35. The average molecular weight is 270 g/mol. The van der Waals surface area contributed by atoms with Crippen molar-refractivity contribution in [3.63, 3.8) is 0 Å². The summed E-state index contributed by atoms with van der Waals surface area (Å²) in [5.41, 5.74) is -1.06. The fourth-order valence-corrected chi connectivity index (χ4v) is 1.99. The van der Waals surface area contributed by atoms with Gasteiger partial charge in [-0.3, -0.25) is 0 Å². The largest absolute Gasteiger partial charge is 0.419 e. The highest BCUT2D eigenvalue weighted by atomic mass is 35.5. The van der Waals surface area contributed by atoms with Crippen molar-refractivity contribution in [2.24, 2.45) is 0 Å². The summed E-state index contributed by atoms with van der Waals surface area (Å²) < 4.78 is 51.0. The van der Waals surface area contributed by atoms with E-state index in [9.17, 15) is 17.6 Å². The first-order valence-electron chi connectivity index (χ1n) is 5.09. The Kier molecular flexibility index (Phi) is 4.38. The lowest BCUT2D eigenvalue weighted by Gasteiger charge is -2.15. The van der Waals surface area contributed by atoms with Gasteiger partial charge in [-0.25, -0.2) is 4.39 Å². The average Bonchev–Trinajstić information content (AvgIpc) is 2.69. The topological polar surface area (TPSA) is 12.0 Å². The molecule has 0 saturated carbocycles. The summed E-state index contributed by atoms with van der Waals surface area (Å²) in [7, 11) is 0. The molecule has 0 radical (unpaired) electrons. The minimum atomic E-state index is -4.63. The third-order valence-electron chi connectivity index (χ3n) is 2.77. The van der Waals surface area contributed by atoms with E-state index in [0.717, 1.165) is 19.0 Å². The van der Waals surface area contributed by atoms with Gasteiger partial charge in [0.15, 0.2) is 0 Å². The Morgan fingerprint density at radius 1 is 1.24 bits per heavy atom. The van der Waals surface area contributed by atoms with E-state index in [2.05, 4.69) is 5.32 Å². The van der Waals surface area contributed by atoms with Crippen molar-refractivity contribution in [1.29, 1.82) is 0 Å². The Hall–Kier alpha value is -0.810. The predicted octanol–water partition coefficient (Wildman–Crippen LogP) is 3.69. The number of halogens is 5. The van der Waals surface area contributed by atoms with E-state index in [-0.39, 0.29) is 24.0 Å². The molecule has 1 nitrogen and oxygen atoms in total. The third-order valence-corrected chi connectivity index (χ3v) is 2.77. The van der Waals surface area contributed by atoms with E-state index in [1.54, 1.807) is 0 Å². The Labute approximate surface area is 103 Å². The van der Waals surface area contributed by atoms with Crippen molar-refractivity contribution < 1.29 is 17.6 Å². The van der Waals surface area contributed by atoms with Crippen LogP contribution >= 0.6 is 12.4 Å². The van der Waals surface area contributed by atoms with Gasteiger partial charge in [-0.05, 0) is 25.5 Å². The Balaban J connectivity index is 0.00000144. The Morgan fingerprint density at radius 2 is 1.94 bits per heavy atom. The Bertz CT molecular complexity index is 386. The first-order valence-corrected chi connectivity index (χ1v) is 5.09. The van der Waals surface area contributed by atoms with Crippen molar-refractivity contribution >= 4 is 12.4 Å². The number of rotatable bonds is 1.